The van der Waals surface area contributed by atoms with E-state index in [-0.39, 0.29) is 26.1 Å². The average Bonchev–Trinajstić information content (AvgIpc) is 2.94. The third kappa shape index (κ3) is 7.11. The van der Waals surface area contributed by atoms with Crippen LogP contribution in [0.5, 0.6) is 0 Å². The summed E-state index contributed by atoms with van der Waals surface area (Å²) in [6.07, 6.45) is 1.44. The van der Waals surface area contributed by atoms with Crippen LogP contribution < -0.4 is 10.6 Å². The van der Waals surface area contributed by atoms with Crippen molar-refractivity contribution in [3.05, 3.63) is 24.2 Å². The van der Waals surface area contributed by atoms with Crippen LogP contribution in [0.15, 0.2) is 22.8 Å². The van der Waals surface area contributed by atoms with Crippen molar-refractivity contribution in [2.45, 2.75) is 19.9 Å². The molecule has 0 aliphatic rings. The predicted octanol–water partition coefficient (Wildman–Crippen LogP) is 0.402. The number of nitrogens with one attached hydrogen (secondary N) is 2. The topological polar surface area (TPSA) is 112 Å². The number of hydrogen-bond donors (Lipinski definition) is 3. The van der Waals surface area contributed by atoms with Gasteiger partial charge in [-0.25, -0.2) is 4.79 Å². The van der Waals surface area contributed by atoms with Crippen LogP contribution in [0.3, 0.4) is 0 Å². The van der Waals surface area contributed by atoms with Crippen LogP contribution in [0.2, 0.25) is 0 Å². The maximum atomic E-state index is 11.6. The van der Waals surface area contributed by atoms with Gasteiger partial charge in [-0.15, -0.1) is 0 Å². The molecule has 0 saturated carbocycles. The molecule has 3 amide bonds. The van der Waals surface area contributed by atoms with Gasteiger partial charge in [-0.3, -0.25) is 19.8 Å². The van der Waals surface area contributed by atoms with Crippen molar-refractivity contribution in [2.75, 3.05) is 19.6 Å². The minimum Gasteiger partial charge on any atom is -0.481 e. The Balaban J connectivity index is 2.27. The van der Waals surface area contributed by atoms with E-state index in [2.05, 4.69) is 10.6 Å². The Morgan fingerprint density at radius 1 is 1.38 bits per heavy atom. The van der Waals surface area contributed by atoms with Gasteiger partial charge in [0.15, 0.2) is 0 Å². The van der Waals surface area contributed by atoms with Crippen molar-refractivity contribution < 1.29 is 23.9 Å². The summed E-state index contributed by atoms with van der Waals surface area (Å²) in [4.78, 5) is 35.3. The molecular formula is C13H19N3O5. The smallest absolute Gasteiger partial charge is 0.321 e. The Labute approximate surface area is 122 Å². The lowest BCUT2D eigenvalue weighted by Crippen LogP contribution is -2.44. The molecule has 3 N–H and O–H groups in total. The molecular weight excluding hydrogens is 278 g/mol. The molecule has 8 nitrogen and oxygen atoms in total. The van der Waals surface area contributed by atoms with Crippen LogP contribution in [0.4, 0.5) is 4.79 Å². The minimum absolute atomic E-state index is 0.0298. The number of likely N-dealkylation sites (N-methyl/N-ethyl adjacent to an activating group) is 1. The number of furan rings is 1. The van der Waals surface area contributed by atoms with E-state index >= 15 is 0 Å². The van der Waals surface area contributed by atoms with Crippen LogP contribution in [-0.4, -0.2) is 47.5 Å². The SMILES string of the molecule is CCN(CCC(=O)O)CC(=O)NC(=O)NCc1ccco1. The van der Waals surface area contributed by atoms with Gasteiger partial charge in [0, 0.05) is 6.54 Å². The maximum Gasteiger partial charge on any atom is 0.321 e. The van der Waals surface area contributed by atoms with Crippen LogP contribution in [0.25, 0.3) is 0 Å². The van der Waals surface area contributed by atoms with Gasteiger partial charge < -0.3 is 14.8 Å². The summed E-state index contributed by atoms with van der Waals surface area (Å²) < 4.78 is 5.03. The Morgan fingerprint density at radius 2 is 2.14 bits per heavy atom. The van der Waals surface area contributed by atoms with Crippen molar-refractivity contribution in [1.82, 2.24) is 15.5 Å². The molecule has 0 fully saturated rings. The fourth-order valence-corrected chi connectivity index (χ4v) is 1.60. The maximum absolute atomic E-state index is 11.6. The molecule has 1 rings (SSSR count). The molecule has 21 heavy (non-hydrogen) atoms. The van der Waals surface area contributed by atoms with Gasteiger partial charge in [-0.2, -0.15) is 0 Å². The number of amides is 3. The van der Waals surface area contributed by atoms with E-state index in [0.29, 0.717) is 12.3 Å². The largest absolute Gasteiger partial charge is 0.481 e. The van der Waals surface area contributed by atoms with Gasteiger partial charge in [-0.1, -0.05) is 6.92 Å². The second-order valence-electron chi connectivity index (χ2n) is 4.32. The van der Waals surface area contributed by atoms with E-state index in [0.717, 1.165) is 0 Å². The molecule has 0 aromatic carbocycles. The van der Waals surface area contributed by atoms with Crippen LogP contribution >= 0.6 is 0 Å². The summed E-state index contributed by atoms with van der Waals surface area (Å²) in [7, 11) is 0. The monoisotopic (exact) mass is 297 g/mol. The number of carboxylic acids is 1. The number of imide groups is 1. The number of nitrogens with zero attached hydrogens (tertiary/aromatic N) is 1. The lowest BCUT2D eigenvalue weighted by atomic mass is 10.3. The number of carbonyl (C=O) groups excluding carboxylic acids is 2. The van der Waals surface area contributed by atoms with E-state index in [1.165, 1.54) is 6.26 Å². The van der Waals surface area contributed by atoms with Crippen molar-refractivity contribution in [3.63, 3.8) is 0 Å². The highest BCUT2D eigenvalue weighted by atomic mass is 16.4. The third-order valence-corrected chi connectivity index (χ3v) is 2.71. The fourth-order valence-electron chi connectivity index (χ4n) is 1.60. The van der Waals surface area contributed by atoms with Crippen molar-refractivity contribution >= 4 is 17.9 Å². The summed E-state index contributed by atoms with van der Waals surface area (Å²) in [5.74, 6) is -0.835. The highest BCUT2D eigenvalue weighted by Crippen LogP contribution is 1.98. The molecule has 0 spiro atoms. The highest BCUT2D eigenvalue weighted by molar-refractivity contribution is 5.95. The van der Waals surface area contributed by atoms with E-state index in [4.69, 9.17) is 9.52 Å². The number of carbonyl (C=O) groups is 3. The van der Waals surface area contributed by atoms with Gasteiger partial charge in [0.1, 0.15) is 5.76 Å². The Hall–Kier alpha value is -2.35. The molecule has 0 saturated heterocycles. The average molecular weight is 297 g/mol. The van der Waals surface area contributed by atoms with E-state index < -0.39 is 17.9 Å². The Bertz CT molecular complexity index is 472. The first-order valence-electron chi connectivity index (χ1n) is 6.55. The van der Waals surface area contributed by atoms with Gasteiger partial charge in [0.05, 0.1) is 25.8 Å². The Morgan fingerprint density at radius 3 is 2.71 bits per heavy atom. The lowest BCUT2D eigenvalue weighted by molar-refractivity contribution is -0.137. The zero-order chi connectivity index (χ0) is 15.7. The molecule has 0 radical (unpaired) electrons. The lowest BCUT2D eigenvalue weighted by Gasteiger charge is -2.18. The Kier molecular flexibility index (Phi) is 6.96. The molecule has 1 aromatic heterocycles. The van der Waals surface area contributed by atoms with Crippen molar-refractivity contribution in [1.29, 1.82) is 0 Å². The first-order valence-corrected chi connectivity index (χ1v) is 6.55. The third-order valence-electron chi connectivity index (χ3n) is 2.71. The number of carboxylic acid groups (broad SMARTS) is 1. The molecule has 116 valence electrons. The second kappa shape index (κ2) is 8.75. The summed E-state index contributed by atoms with van der Waals surface area (Å²) in [5, 5.41) is 13.3. The van der Waals surface area contributed by atoms with Crippen molar-refractivity contribution in [2.24, 2.45) is 0 Å². The molecule has 0 atom stereocenters. The summed E-state index contributed by atoms with van der Waals surface area (Å²) in [6, 6.07) is 2.78. The van der Waals surface area contributed by atoms with Crippen molar-refractivity contribution in [3.8, 4) is 0 Å². The van der Waals surface area contributed by atoms with Crippen LogP contribution in [0.1, 0.15) is 19.1 Å². The molecule has 0 bridgehead atoms. The highest BCUT2D eigenvalue weighted by Gasteiger charge is 2.13. The van der Waals surface area contributed by atoms with E-state index in [1.54, 1.807) is 17.0 Å². The predicted molar refractivity (Wildman–Crippen MR) is 73.5 cm³/mol. The molecule has 1 aromatic rings. The first-order chi connectivity index (χ1) is 10.0. The normalized spacial score (nSPS) is 10.4. The fraction of sp³-hybridized carbons (Fsp3) is 0.462. The van der Waals surface area contributed by atoms with Gasteiger partial charge in [-0.05, 0) is 18.7 Å². The van der Waals surface area contributed by atoms with Crippen LogP contribution in [-0.2, 0) is 16.1 Å². The molecule has 0 unspecified atom stereocenters. The van der Waals surface area contributed by atoms with Gasteiger partial charge >= 0.3 is 12.0 Å². The molecule has 0 aliphatic carbocycles. The summed E-state index contributed by atoms with van der Waals surface area (Å²) in [5.41, 5.74) is 0. The number of hydrogen-bond acceptors (Lipinski definition) is 5. The van der Waals surface area contributed by atoms with E-state index in [9.17, 15) is 14.4 Å². The van der Waals surface area contributed by atoms with Gasteiger partial charge in [0.25, 0.3) is 0 Å². The zero-order valence-electron chi connectivity index (χ0n) is 11.8. The summed E-state index contributed by atoms with van der Waals surface area (Å²) in [6.45, 7) is 2.74. The zero-order valence-corrected chi connectivity index (χ0v) is 11.8. The van der Waals surface area contributed by atoms with Gasteiger partial charge in [0.2, 0.25) is 5.91 Å². The quantitative estimate of drug-likeness (QED) is 0.640. The molecule has 0 aliphatic heterocycles. The summed E-state index contributed by atoms with van der Waals surface area (Å²) >= 11 is 0. The standard InChI is InChI=1S/C13H19N3O5/c1-2-16(6-5-12(18)19)9-11(17)15-13(20)14-8-10-4-3-7-21-10/h3-4,7H,2,5-6,8-9H2,1H3,(H,18,19)(H2,14,15,17,20). The van der Waals surface area contributed by atoms with Crippen LogP contribution in [0, 0.1) is 0 Å². The minimum atomic E-state index is -0.926. The first kappa shape index (κ1) is 16.7. The molecule has 8 heteroatoms. The number of urea groups is 1. The van der Waals surface area contributed by atoms with E-state index in [1.807, 2.05) is 6.92 Å². The number of rotatable bonds is 8. The molecule has 1 heterocycles. The second-order valence-corrected chi connectivity index (χ2v) is 4.32. The number of aliphatic carboxylic acids is 1.